The van der Waals surface area contributed by atoms with E-state index in [1.807, 2.05) is 0 Å². The summed E-state index contributed by atoms with van der Waals surface area (Å²) in [5.41, 5.74) is 18.3. The van der Waals surface area contributed by atoms with Gasteiger partial charge in [0.25, 0.3) is 0 Å². The lowest BCUT2D eigenvalue weighted by Crippen LogP contribution is -2.10. The van der Waals surface area contributed by atoms with Gasteiger partial charge in [-0.3, -0.25) is 0 Å². The third-order valence-electron chi connectivity index (χ3n) is 19.2. The summed E-state index contributed by atoms with van der Waals surface area (Å²) in [7, 11) is 0. The first-order valence-corrected chi connectivity index (χ1v) is 34.2. The Bertz CT molecular complexity index is 5530. The highest BCUT2D eigenvalue weighted by Crippen LogP contribution is 2.46. The van der Waals surface area contributed by atoms with E-state index in [1.54, 1.807) is 0 Å². The molecule has 100 heavy (non-hydrogen) atoms. The van der Waals surface area contributed by atoms with Crippen molar-refractivity contribution in [1.82, 2.24) is 0 Å². The largest absolute Gasteiger partial charge is 0.310 e. The van der Waals surface area contributed by atoms with Crippen molar-refractivity contribution in [2.24, 2.45) is 0 Å². The van der Waals surface area contributed by atoms with Gasteiger partial charge in [0.05, 0.1) is 22.7 Å². The molecule has 0 aliphatic carbocycles. The number of rotatable bonds is 14. The molecule has 0 unspecified atom stereocenters. The van der Waals surface area contributed by atoms with E-state index in [0.29, 0.717) is 0 Å². The molecule has 4 heteroatoms. The lowest BCUT2D eigenvalue weighted by Gasteiger charge is -2.28. The first-order chi connectivity index (χ1) is 49.6. The van der Waals surface area contributed by atoms with E-state index < -0.39 is 0 Å². The van der Waals surface area contributed by atoms with Crippen LogP contribution >= 0.6 is 0 Å². The Morgan fingerprint density at radius 3 is 0.600 bits per heavy atom. The van der Waals surface area contributed by atoms with Crippen molar-refractivity contribution in [2.75, 3.05) is 19.6 Å². The van der Waals surface area contributed by atoms with Crippen molar-refractivity contribution in [2.45, 2.75) is 0 Å². The Morgan fingerprint density at radius 1 is 0.120 bits per heavy atom. The second-order valence-electron chi connectivity index (χ2n) is 25.3. The maximum Gasteiger partial charge on any atom is 0.0540 e. The summed E-state index contributed by atoms with van der Waals surface area (Å²) < 4.78 is 0. The first-order valence-electron chi connectivity index (χ1n) is 34.2. The number of nitrogens with zero attached hydrogens (tertiary/aromatic N) is 4. The summed E-state index contributed by atoms with van der Waals surface area (Å²) >= 11 is 0. The molecule has 0 spiro atoms. The molecule has 0 radical (unpaired) electrons. The van der Waals surface area contributed by atoms with Crippen LogP contribution in [0.5, 0.6) is 0 Å². The van der Waals surface area contributed by atoms with Crippen molar-refractivity contribution in [1.29, 1.82) is 0 Å². The number of benzene rings is 18. The summed E-state index contributed by atoms with van der Waals surface area (Å²) in [5.74, 6) is 0. The molecule has 0 atom stereocenters. The minimum Gasteiger partial charge on any atom is -0.310 e. The SMILES string of the molecule is c1ccc(N(c2ccc(-c3ccc(N(c4ccccc4)c4cccc5ccccc45)cc3)cc2)c2cccc3ccccc23)cc1.c1ccc2cc(N(c3ccc(-c4ccc(N(c5ccc6ccccc6c5)c5cccc6ccccc56)cc4)cc3)c3cccc4ccccc34)ccc2c1. The monoisotopic (exact) mass is 1280 g/mol. The van der Waals surface area contributed by atoms with Crippen LogP contribution in [0.15, 0.2) is 413 Å². The van der Waals surface area contributed by atoms with Crippen molar-refractivity contribution >= 4 is 133 Å². The third-order valence-corrected chi connectivity index (χ3v) is 19.2. The molecule has 0 fully saturated rings. The maximum absolute atomic E-state index is 2.38. The fourth-order valence-corrected chi connectivity index (χ4v) is 14.3. The highest BCUT2D eigenvalue weighted by Gasteiger charge is 2.21. The van der Waals surface area contributed by atoms with Crippen molar-refractivity contribution in [3.05, 3.63) is 413 Å². The molecule has 472 valence electrons. The Labute approximate surface area is 583 Å². The summed E-state index contributed by atoms with van der Waals surface area (Å²) in [6, 6.07) is 148. The molecule has 18 aromatic rings. The van der Waals surface area contributed by atoms with E-state index in [0.717, 1.165) is 68.2 Å². The Kier molecular flexibility index (Phi) is 16.4. The molecule has 0 aromatic heterocycles. The van der Waals surface area contributed by atoms with Crippen LogP contribution in [0, 0.1) is 0 Å². The molecule has 18 rings (SSSR count). The summed E-state index contributed by atoms with van der Waals surface area (Å²) in [6.07, 6.45) is 0. The Hall–Kier alpha value is -13.3. The fraction of sp³-hybridized carbons (Fsp3) is 0. The Morgan fingerprint density at radius 2 is 0.320 bits per heavy atom. The van der Waals surface area contributed by atoms with Crippen LogP contribution < -0.4 is 19.6 Å². The van der Waals surface area contributed by atoms with Gasteiger partial charge < -0.3 is 19.6 Å². The molecule has 0 saturated carbocycles. The quantitative estimate of drug-likeness (QED) is 0.108. The number of fused-ring (bicyclic) bond motifs is 6. The number of hydrogen-bond acceptors (Lipinski definition) is 4. The predicted octanol–water partition coefficient (Wildman–Crippen LogP) is 27.5. The molecular formula is C96H68N4. The second kappa shape index (κ2) is 27.1. The van der Waals surface area contributed by atoms with Gasteiger partial charge in [-0.1, -0.05) is 291 Å². The average Bonchev–Trinajstić information content (AvgIpc) is 0.791. The zero-order valence-electron chi connectivity index (χ0n) is 55.0. The minimum atomic E-state index is 1.11. The molecule has 0 amide bonds. The van der Waals surface area contributed by atoms with Gasteiger partial charge in [-0.2, -0.15) is 0 Å². The average molecular weight is 1280 g/mol. The molecule has 18 aromatic carbocycles. The van der Waals surface area contributed by atoms with Crippen LogP contribution in [-0.4, -0.2) is 0 Å². The lowest BCUT2D eigenvalue weighted by atomic mass is 10.0. The normalized spacial score (nSPS) is 11.2. The fourth-order valence-electron chi connectivity index (χ4n) is 14.3. The van der Waals surface area contributed by atoms with Gasteiger partial charge in [0.2, 0.25) is 0 Å². The van der Waals surface area contributed by atoms with Crippen molar-refractivity contribution < 1.29 is 0 Å². The third kappa shape index (κ3) is 12.0. The van der Waals surface area contributed by atoms with Gasteiger partial charge in [-0.05, 0) is 187 Å². The summed E-state index contributed by atoms with van der Waals surface area (Å²) in [5, 5.41) is 14.7. The van der Waals surface area contributed by atoms with E-state index in [2.05, 4.69) is 432 Å². The van der Waals surface area contributed by atoms with Crippen molar-refractivity contribution in [3.8, 4) is 22.3 Å². The van der Waals surface area contributed by atoms with Crippen LogP contribution in [0.25, 0.3) is 86.9 Å². The zero-order chi connectivity index (χ0) is 66.6. The molecule has 0 N–H and O–H groups in total. The van der Waals surface area contributed by atoms with Crippen LogP contribution in [0.3, 0.4) is 0 Å². The summed E-state index contributed by atoms with van der Waals surface area (Å²) in [4.78, 5) is 9.45. The van der Waals surface area contributed by atoms with Gasteiger partial charge >= 0.3 is 0 Å². The maximum atomic E-state index is 2.38. The molecule has 0 aliphatic rings. The second-order valence-corrected chi connectivity index (χ2v) is 25.3. The topological polar surface area (TPSA) is 13.0 Å². The standard InChI is InChI=1S/C52H36N2.C44H32N2/c1-3-15-43-35-47(33-27-37(43)11-1)53(51-21-9-17-41-13-5-7-19-49(41)51)45-29-23-39(24-30-45)40-25-31-46(32-26-40)54(48-34-28-38-12-2-4-16-44(38)36-48)52-22-10-18-42-14-6-8-20-50(42)52;1-3-17-37(18-4-1)45(43-23-11-15-35-13-7-9-21-41(35)43)39-29-25-33(26-30-39)34-27-31-40(32-28-34)46(38-19-5-2-6-20-38)44-24-12-16-36-14-8-10-22-42(36)44/h1-36H;1-32H. The zero-order valence-corrected chi connectivity index (χ0v) is 55.0. The van der Waals surface area contributed by atoms with E-state index in [1.165, 1.54) is 86.9 Å². The highest BCUT2D eigenvalue weighted by atomic mass is 15.2. The van der Waals surface area contributed by atoms with E-state index in [4.69, 9.17) is 0 Å². The minimum absolute atomic E-state index is 1.11. The molecule has 0 saturated heterocycles. The van der Waals surface area contributed by atoms with E-state index in [9.17, 15) is 0 Å². The van der Waals surface area contributed by atoms with Crippen LogP contribution in [0.1, 0.15) is 0 Å². The highest BCUT2D eigenvalue weighted by molar-refractivity contribution is 6.04. The molecular weight excluding hydrogens is 1210 g/mol. The van der Waals surface area contributed by atoms with Gasteiger partial charge in [0.15, 0.2) is 0 Å². The smallest absolute Gasteiger partial charge is 0.0540 e. The van der Waals surface area contributed by atoms with Gasteiger partial charge in [-0.15, -0.1) is 0 Å². The molecule has 0 heterocycles. The number of hydrogen-bond donors (Lipinski definition) is 0. The lowest BCUT2D eigenvalue weighted by molar-refractivity contribution is 1.29. The van der Waals surface area contributed by atoms with E-state index >= 15 is 0 Å². The van der Waals surface area contributed by atoms with Crippen molar-refractivity contribution in [3.63, 3.8) is 0 Å². The van der Waals surface area contributed by atoms with E-state index in [-0.39, 0.29) is 0 Å². The number of anilines is 12. The molecule has 4 nitrogen and oxygen atoms in total. The number of para-hydroxylation sites is 2. The predicted molar refractivity (Wildman–Crippen MR) is 428 cm³/mol. The van der Waals surface area contributed by atoms with Gasteiger partial charge in [0, 0.05) is 67.0 Å². The van der Waals surface area contributed by atoms with Gasteiger partial charge in [-0.25, -0.2) is 0 Å². The molecule has 0 aliphatic heterocycles. The Balaban J connectivity index is 0.000000152. The first kappa shape index (κ1) is 60.4. The van der Waals surface area contributed by atoms with Crippen LogP contribution in [0.2, 0.25) is 0 Å². The van der Waals surface area contributed by atoms with Gasteiger partial charge in [0.1, 0.15) is 0 Å². The van der Waals surface area contributed by atoms with Crippen LogP contribution in [-0.2, 0) is 0 Å². The molecule has 0 bridgehead atoms. The summed E-state index contributed by atoms with van der Waals surface area (Å²) in [6.45, 7) is 0. The van der Waals surface area contributed by atoms with Crippen LogP contribution in [0.4, 0.5) is 68.2 Å².